The normalized spacial score (nSPS) is 39.4. The molecule has 2 rings (SSSR count). The van der Waals surface area contributed by atoms with Gasteiger partial charge in [0.2, 0.25) is 0 Å². The molecule has 0 spiro atoms. The van der Waals surface area contributed by atoms with Crippen LogP contribution < -0.4 is 0 Å². The maximum Gasteiger partial charge on any atom is -0.0258 e. The van der Waals surface area contributed by atoms with Gasteiger partial charge in [0.1, 0.15) is 0 Å². The van der Waals surface area contributed by atoms with Crippen molar-refractivity contribution in [1.82, 2.24) is 0 Å². The SMILES string of the molecule is CCC(C)C(C(C)C)C1(C)CC1C1CC1CC(C)C(C)C. The van der Waals surface area contributed by atoms with Crippen molar-refractivity contribution in [2.45, 2.75) is 81.1 Å². The van der Waals surface area contributed by atoms with Crippen LogP contribution in [0.5, 0.6) is 0 Å². The summed E-state index contributed by atoms with van der Waals surface area (Å²) in [7, 11) is 0. The van der Waals surface area contributed by atoms with Crippen molar-refractivity contribution >= 4 is 0 Å². The van der Waals surface area contributed by atoms with Crippen molar-refractivity contribution in [2.75, 3.05) is 0 Å². The molecule has 124 valence electrons. The molecule has 2 aliphatic carbocycles. The minimum absolute atomic E-state index is 0.671. The highest BCUT2D eigenvalue weighted by Crippen LogP contribution is 2.70. The van der Waals surface area contributed by atoms with Gasteiger partial charge in [-0.3, -0.25) is 0 Å². The molecule has 0 heteroatoms. The Morgan fingerprint density at radius 2 is 1.57 bits per heavy atom. The van der Waals surface area contributed by atoms with E-state index in [9.17, 15) is 0 Å². The van der Waals surface area contributed by atoms with E-state index in [4.69, 9.17) is 0 Å². The van der Waals surface area contributed by atoms with Gasteiger partial charge in [0.05, 0.1) is 0 Å². The third-order valence-corrected chi connectivity index (χ3v) is 7.39. The molecule has 0 N–H and O–H groups in total. The maximum absolute atomic E-state index is 2.62. The molecule has 0 heterocycles. The molecule has 7 atom stereocenters. The minimum atomic E-state index is 0.671. The Kier molecular flexibility index (Phi) is 5.16. The summed E-state index contributed by atoms with van der Waals surface area (Å²) in [6.07, 6.45) is 5.91. The van der Waals surface area contributed by atoms with Crippen molar-refractivity contribution in [3.63, 3.8) is 0 Å². The lowest BCUT2D eigenvalue weighted by molar-refractivity contribution is 0.146. The maximum atomic E-state index is 2.62. The Labute approximate surface area is 134 Å². The molecule has 2 fully saturated rings. The second-order valence-electron chi connectivity index (χ2n) is 9.59. The number of rotatable bonds is 8. The molecular formula is C21H40. The van der Waals surface area contributed by atoms with Crippen LogP contribution in [0.25, 0.3) is 0 Å². The molecule has 0 nitrogen and oxygen atoms in total. The zero-order chi connectivity index (χ0) is 15.9. The van der Waals surface area contributed by atoms with E-state index in [-0.39, 0.29) is 0 Å². The lowest BCUT2D eigenvalue weighted by atomic mass is 9.71. The van der Waals surface area contributed by atoms with Crippen LogP contribution in [0.15, 0.2) is 0 Å². The Balaban J connectivity index is 1.91. The Morgan fingerprint density at radius 1 is 0.952 bits per heavy atom. The molecule has 0 aromatic heterocycles. The van der Waals surface area contributed by atoms with Crippen molar-refractivity contribution < 1.29 is 0 Å². The smallest absolute Gasteiger partial charge is 0.0258 e. The molecule has 0 bridgehead atoms. The van der Waals surface area contributed by atoms with E-state index in [1.54, 1.807) is 6.42 Å². The number of hydrogen-bond donors (Lipinski definition) is 0. The standard InChI is InChI=1S/C21H40/c1-9-15(6)20(14(4)5)21(8)12-19(21)18-11-17(18)10-16(7)13(2)3/h13-20H,9-12H2,1-8H3. The first kappa shape index (κ1) is 17.4. The Hall–Kier alpha value is 0. The molecule has 21 heavy (non-hydrogen) atoms. The highest BCUT2D eigenvalue weighted by molar-refractivity contribution is 5.12. The highest BCUT2D eigenvalue weighted by atomic mass is 14.7. The zero-order valence-electron chi connectivity index (χ0n) is 15.9. The predicted molar refractivity (Wildman–Crippen MR) is 94.2 cm³/mol. The van der Waals surface area contributed by atoms with Gasteiger partial charge < -0.3 is 0 Å². The first-order chi connectivity index (χ1) is 9.72. The van der Waals surface area contributed by atoms with Gasteiger partial charge in [-0.2, -0.15) is 0 Å². The molecule has 0 aliphatic heterocycles. The summed E-state index contributed by atoms with van der Waals surface area (Å²) in [5.41, 5.74) is 0.671. The van der Waals surface area contributed by atoms with Crippen LogP contribution in [0.3, 0.4) is 0 Å². The molecule has 0 aromatic rings. The lowest BCUT2D eigenvalue weighted by Crippen LogP contribution is -2.28. The lowest BCUT2D eigenvalue weighted by Gasteiger charge is -2.34. The van der Waals surface area contributed by atoms with Crippen molar-refractivity contribution in [3.8, 4) is 0 Å². The van der Waals surface area contributed by atoms with E-state index < -0.39 is 0 Å². The fourth-order valence-corrected chi connectivity index (χ4v) is 5.55. The largest absolute Gasteiger partial charge is 0.0651 e. The molecule has 0 aromatic carbocycles. The monoisotopic (exact) mass is 292 g/mol. The summed E-state index contributed by atoms with van der Waals surface area (Å²) in [6, 6.07) is 0. The fraction of sp³-hybridized carbons (Fsp3) is 1.00. The third-order valence-electron chi connectivity index (χ3n) is 7.39. The summed E-state index contributed by atoms with van der Waals surface area (Å²) in [4.78, 5) is 0. The van der Waals surface area contributed by atoms with Gasteiger partial charge in [0, 0.05) is 0 Å². The van der Waals surface area contributed by atoms with E-state index in [0.717, 1.165) is 47.3 Å². The summed E-state index contributed by atoms with van der Waals surface area (Å²) >= 11 is 0. The van der Waals surface area contributed by atoms with Gasteiger partial charge in [-0.05, 0) is 72.0 Å². The quantitative estimate of drug-likeness (QED) is 0.470. The summed E-state index contributed by atoms with van der Waals surface area (Å²) in [5.74, 6) is 7.68. The van der Waals surface area contributed by atoms with Gasteiger partial charge in [0.25, 0.3) is 0 Å². The Morgan fingerprint density at radius 3 is 2.05 bits per heavy atom. The second kappa shape index (κ2) is 6.25. The van der Waals surface area contributed by atoms with E-state index in [0.29, 0.717) is 5.41 Å². The molecule has 0 amide bonds. The fourth-order valence-electron chi connectivity index (χ4n) is 5.55. The van der Waals surface area contributed by atoms with Crippen LogP contribution in [0.1, 0.15) is 81.1 Å². The second-order valence-corrected chi connectivity index (χ2v) is 9.59. The van der Waals surface area contributed by atoms with E-state index in [1.807, 2.05) is 0 Å². The highest BCUT2D eigenvalue weighted by Gasteiger charge is 2.63. The van der Waals surface area contributed by atoms with Crippen LogP contribution >= 0.6 is 0 Å². The number of hydrogen-bond acceptors (Lipinski definition) is 0. The van der Waals surface area contributed by atoms with Gasteiger partial charge in [-0.15, -0.1) is 0 Å². The molecule has 0 radical (unpaired) electrons. The van der Waals surface area contributed by atoms with Crippen LogP contribution in [-0.4, -0.2) is 0 Å². The average molecular weight is 293 g/mol. The molecule has 0 saturated heterocycles. The van der Waals surface area contributed by atoms with Crippen molar-refractivity contribution in [3.05, 3.63) is 0 Å². The zero-order valence-corrected chi connectivity index (χ0v) is 15.9. The van der Waals surface area contributed by atoms with Gasteiger partial charge in [-0.25, -0.2) is 0 Å². The van der Waals surface area contributed by atoms with Crippen LogP contribution in [0.2, 0.25) is 0 Å². The molecule has 2 aliphatic rings. The predicted octanol–water partition coefficient (Wildman–Crippen LogP) is 6.65. The third kappa shape index (κ3) is 3.50. The van der Waals surface area contributed by atoms with Crippen molar-refractivity contribution in [1.29, 1.82) is 0 Å². The van der Waals surface area contributed by atoms with Crippen molar-refractivity contribution in [2.24, 2.45) is 52.8 Å². The van der Waals surface area contributed by atoms with Gasteiger partial charge in [-0.1, -0.05) is 61.8 Å². The van der Waals surface area contributed by atoms with Gasteiger partial charge in [0.15, 0.2) is 0 Å². The summed E-state index contributed by atoms with van der Waals surface area (Å²) in [5, 5.41) is 0. The summed E-state index contributed by atoms with van der Waals surface area (Å²) < 4.78 is 0. The minimum Gasteiger partial charge on any atom is -0.0651 e. The molecule has 7 unspecified atom stereocenters. The summed E-state index contributed by atoms with van der Waals surface area (Å²) in [6.45, 7) is 19.7. The van der Waals surface area contributed by atoms with Crippen LogP contribution in [-0.2, 0) is 0 Å². The molecule has 2 saturated carbocycles. The first-order valence-electron chi connectivity index (χ1n) is 9.72. The Bertz CT molecular complexity index is 342. The average Bonchev–Trinajstić information content (AvgIpc) is 3.26. The van der Waals surface area contributed by atoms with Crippen LogP contribution in [0, 0.1) is 52.8 Å². The topological polar surface area (TPSA) is 0 Å². The van der Waals surface area contributed by atoms with Crippen LogP contribution in [0.4, 0.5) is 0 Å². The van der Waals surface area contributed by atoms with E-state index in [2.05, 4.69) is 55.4 Å². The van der Waals surface area contributed by atoms with Gasteiger partial charge >= 0.3 is 0 Å². The van der Waals surface area contributed by atoms with E-state index >= 15 is 0 Å². The van der Waals surface area contributed by atoms with E-state index in [1.165, 1.54) is 19.3 Å². The molecular weight excluding hydrogens is 252 g/mol. The first-order valence-corrected chi connectivity index (χ1v) is 9.72.